The van der Waals surface area contributed by atoms with Crippen molar-refractivity contribution >= 4 is 28.2 Å². The van der Waals surface area contributed by atoms with Crippen molar-refractivity contribution in [1.29, 1.82) is 0 Å². The van der Waals surface area contributed by atoms with E-state index in [2.05, 4.69) is 32.2 Å². The van der Waals surface area contributed by atoms with E-state index in [9.17, 15) is 9.59 Å². The molecule has 3 aromatic rings. The molecule has 0 radical (unpaired) electrons. The second kappa shape index (κ2) is 10.7. The number of nitrogens with one attached hydrogen (secondary N) is 1. The summed E-state index contributed by atoms with van der Waals surface area (Å²) in [5, 5.41) is 5.10. The van der Waals surface area contributed by atoms with Crippen LogP contribution in [0.1, 0.15) is 49.2 Å². The van der Waals surface area contributed by atoms with Crippen molar-refractivity contribution in [3.8, 4) is 22.6 Å². The summed E-state index contributed by atoms with van der Waals surface area (Å²) < 4.78 is 16.4. The van der Waals surface area contributed by atoms with Gasteiger partial charge in [-0.3, -0.25) is 4.79 Å². The lowest BCUT2D eigenvalue weighted by Gasteiger charge is -2.23. The molecule has 1 aromatic heterocycles. The van der Waals surface area contributed by atoms with E-state index in [1.54, 1.807) is 14.0 Å². The van der Waals surface area contributed by atoms with Gasteiger partial charge in [0.1, 0.15) is 22.1 Å². The minimum Gasteiger partial charge on any atom is -0.497 e. The van der Waals surface area contributed by atoms with Gasteiger partial charge in [0.25, 0.3) is 5.91 Å². The topological polar surface area (TPSA) is 73.9 Å². The van der Waals surface area contributed by atoms with Gasteiger partial charge in [0.2, 0.25) is 0 Å². The van der Waals surface area contributed by atoms with Crippen molar-refractivity contribution in [3.63, 3.8) is 0 Å². The fourth-order valence-electron chi connectivity index (χ4n) is 3.50. The van der Waals surface area contributed by atoms with Crippen molar-refractivity contribution in [2.75, 3.05) is 25.6 Å². The normalized spacial score (nSPS) is 11.1. The average Bonchev–Trinajstić information content (AvgIpc) is 3.21. The number of methoxy groups -OCH3 is 1. The number of anilines is 1. The molecule has 2 aromatic carbocycles. The number of carbonyl (C=O) groups excluding carboxylic acids is 2. The minimum atomic E-state index is -0.487. The van der Waals surface area contributed by atoms with Gasteiger partial charge < -0.3 is 19.5 Å². The Kier molecular flexibility index (Phi) is 7.99. The summed E-state index contributed by atoms with van der Waals surface area (Å²) in [6, 6.07) is 13.3. The maximum absolute atomic E-state index is 12.8. The largest absolute Gasteiger partial charge is 0.497 e. The summed E-state index contributed by atoms with van der Waals surface area (Å²) in [4.78, 5) is 25.5. The van der Waals surface area contributed by atoms with Gasteiger partial charge in [-0.25, -0.2) is 4.79 Å². The first-order chi connectivity index (χ1) is 16.1. The van der Waals surface area contributed by atoms with Gasteiger partial charge in [0, 0.05) is 10.9 Å². The average molecular weight is 482 g/mol. The fourth-order valence-corrected chi connectivity index (χ4v) is 4.47. The lowest BCUT2D eigenvalue weighted by molar-refractivity contribution is -0.118. The second-order valence-electron chi connectivity index (χ2n) is 8.89. The Morgan fingerprint density at radius 2 is 1.76 bits per heavy atom. The number of esters is 1. The molecule has 0 aliphatic rings. The number of benzene rings is 2. The predicted molar refractivity (Wildman–Crippen MR) is 136 cm³/mol. The first-order valence-corrected chi connectivity index (χ1v) is 12.0. The zero-order chi connectivity index (χ0) is 24.9. The molecule has 0 spiro atoms. The van der Waals surface area contributed by atoms with E-state index >= 15 is 0 Å². The van der Waals surface area contributed by atoms with Gasteiger partial charge in [0.15, 0.2) is 6.61 Å². The molecule has 0 saturated heterocycles. The number of aryl methyl sites for hydroxylation is 1. The highest BCUT2D eigenvalue weighted by Gasteiger charge is 2.24. The molecule has 0 aliphatic carbocycles. The molecule has 1 heterocycles. The van der Waals surface area contributed by atoms with Crippen LogP contribution in [-0.4, -0.2) is 32.2 Å². The second-order valence-corrected chi connectivity index (χ2v) is 9.77. The molecule has 34 heavy (non-hydrogen) atoms. The van der Waals surface area contributed by atoms with Gasteiger partial charge in [-0.1, -0.05) is 50.6 Å². The van der Waals surface area contributed by atoms with Crippen LogP contribution in [0.2, 0.25) is 0 Å². The van der Waals surface area contributed by atoms with E-state index in [0.717, 1.165) is 16.7 Å². The van der Waals surface area contributed by atoms with Crippen LogP contribution in [-0.2, 0) is 14.9 Å². The number of ether oxygens (including phenoxy) is 3. The van der Waals surface area contributed by atoms with Gasteiger partial charge in [0.05, 0.1) is 13.7 Å². The van der Waals surface area contributed by atoms with E-state index in [1.165, 1.54) is 11.3 Å². The lowest BCUT2D eigenvalue weighted by Crippen LogP contribution is -2.22. The molecular weight excluding hydrogens is 450 g/mol. The summed E-state index contributed by atoms with van der Waals surface area (Å²) in [6.07, 6.45) is 0. The van der Waals surface area contributed by atoms with E-state index in [0.29, 0.717) is 27.6 Å². The molecule has 6 nitrogen and oxygen atoms in total. The lowest BCUT2D eigenvalue weighted by atomic mass is 9.85. The highest BCUT2D eigenvalue weighted by molar-refractivity contribution is 7.15. The molecule has 0 saturated carbocycles. The molecule has 7 heteroatoms. The molecule has 0 atom stereocenters. The third-order valence-corrected chi connectivity index (χ3v) is 6.12. The Bertz CT molecular complexity index is 1160. The number of carbonyl (C=O) groups is 2. The van der Waals surface area contributed by atoms with E-state index in [1.807, 2.05) is 48.7 Å². The van der Waals surface area contributed by atoms with Gasteiger partial charge in [-0.05, 0) is 48.6 Å². The highest BCUT2D eigenvalue weighted by Crippen LogP contribution is 2.37. The molecular formula is C27H31NO5S. The molecule has 0 bridgehead atoms. The van der Waals surface area contributed by atoms with Crippen LogP contribution in [0.3, 0.4) is 0 Å². The van der Waals surface area contributed by atoms with Crippen LogP contribution < -0.4 is 14.8 Å². The number of amides is 1. The summed E-state index contributed by atoms with van der Waals surface area (Å²) in [5.74, 6) is 0.547. The Morgan fingerprint density at radius 1 is 1.06 bits per heavy atom. The van der Waals surface area contributed by atoms with E-state index in [-0.39, 0.29) is 24.5 Å². The molecule has 0 fully saturated rings. The van der Waals surface area contributed by atoms with Crippen LogP contribution >= 0.6 is 11.3 Å². The van der Waals surface area contributed by atoms with Crippen molar-refractivity contribution in [3.05, 3.63) is 64.5 Å². The maximum atomic E-state index is 12.8. The molecule has 0 unspecified atom stereocenters. The summed E-state index contributed by atoms with van der Waals surface area (Å²) in [5.41, 5.74) is 3.88. The first kappa shape index (κ1) is 25.3. The Balaban J connectivity index is 1.82. The quantitative estimate of drug-likeness (QED) is 0.387. The number of hydrogen-bond acceptors (Lipinski definition) is 6. The standard InChI is InChI=1S/C27H31NO5S/c1-7-32-26(30)24-20(18-9-11-19(31-6)12-10-18)16-34-25(24)28-23(29)15-33-22-13-8-17(2)14-21(22)27(3,4)5/h8-14,16H,7,15H2,1-6H3,(H,28,29). The van der Waals surface area contributed by atoms with E-state index < -0.39 is 5.97 Å². The van der Waals surface area contributed by atoms with Crippen LogP contribution in [0.25, 0.3) is 11.1 Å². The molecule has 3 rings (SSSR count). The molecule has 0 aliphatic heterocycles. The molecule has 1 N–H and O–H groups in total. The fraction of sp³-hybridized carbons (Fsp3) is 0.333. The van der Waals surface area contributed by atoms with Crippen molar-refractivity contribution in [2.24, 2.45) is 0 Å². The van der Waals surface area contributed by atoms with Crippen molar-refractivity contribution in [2.45, 2.75) is 40.0 Å². The summed E-state index contributed by atoms with van der Waals surface area (Å²) in [7, 11) is 1.60. The first-order valence-electron chi connectivity index (χ1n) is 11.1. The highest BCUT2D eigenvalue weighted by atomic mass is 32.1. The Labute approximate surface area is 204 Å². The monoisotopic (exact) mass is 481 g/mol. The smallest absolute Gasteiger partial charge is 0.341 e. The van der Waals surface area contributed by atoms with Crippen molar-refractivity contribution in [1.82, 2.24) is 0 Å². The van der Waals surface area contributed by atoms with Gasteiger partial charge >= 0.3 is 5.97 Å². The number of thiophene rings is 1. The van der Waals surface area contributed by atoms with Gasteiger partial charge in [-0.2, -0.15) is 0 Å². The van der Waals surface area contributed by atoms with Crippen LogP contribution in [0.4, 0.5) is 5.00 Å². The molecule has 180 valence electrons. The molecule has 1 amide bonds. The predicted octanol–water partition coefficient (Wildman–Crippen LogP) is 6.22. The maximum Gasteiger partial charge on any atom is 0.341 e. The Hall–Kier alpha value is -3.32. The third-order valence-electron chi connectivity index (χ3n) is 5.23. The third kappa shape index (κ3) is 5.97. The van der Waals surface area contributed by atoms with Crippen LogP contribution in [0.15, 0.2) is 47.8 Å². The van der Waals surface area contributed by atoms with Crippen LogP contribution in [0.5, 0.6) is 11.5 Å². The summed E-state index contributed by atoms with van der Waals surface area (Å²) >= 11 is 1.27. The SMILES string of the molecule is CCOC(=O)c1c(-c2ccc(OC)cc2)csc1NC(=O)COc1ccc(C)cc1C(C)(C)C. The van der Waals surface area contributed by atoms with Crippen molar-refractivity contribution < 1.29 is 23.8 Å². The van der Waals surface area contributed by atoms with E-state index in [4.69, 9.17) is 14.2 Å². The number of rotatable bonds is 8. The van der Waals surface area contributed by atoms with Crippen LogP contribution in [0, 0.1) is 6.92 Å². The Morgan fingerprint density at radius 3 is 2.38 bits per heavy atom. The zero-order valence-electron chi connectivity index (χ0n) is 20.5. The summed E-state index contributed by atoms with van der Waals surface area (Å²) in [6.45, 7) is 10.1. The zero-order valence-corrected chi connectivity index (χ0v) is 21.3. The van der Waals surface area contributed by atoms with Gasteiger partial charge in [-0.15, -0.1) is 11.3 Å². The number of hydrogen-bond donors (Lipinski definition) is 1. The minimum absolute atomic E-state index is 0.129.